The van der Waals surface area contributed by atoms with Crippen molar-refractivity contribution in [2.45, 2.75) is 45.3 Å². The van der Waals surface area contributed by atoms with Crippen LogP contribution in [0.25, 0.3) is 0 Å². The van der Waals surface area contributed by atoms with Gasteiger partial charge in [-0.15, -0.1) is 0 Å². The van der Waals surface area contributed by atoms with Gasteiger partial charge in [0, 0.05) is 24.4 Å². The molecule has 1 fully saturated rings. The lowest BCUT2D eigenvalue weighted by Gasteiger charge is -2.31. The van der Waals surface area contributed by atoms with E-state index in [1.165, 1.54) is 0 Å². The van der Waals surface area contributed by atoms with E-state index in [-0.39, 0.29) is 6.10 Å². The highest BCUT2D eigenvalue weighted by molar-refractivity contribution is 5.45. The molecule has 0 bridgehead atoms. The fraction of sp³-hybridized carbons (Fsp3) is 0.600. The summed E-state index contributed by atoms with van der Waals surface area (Å²) in [5.74, 6) is 0.795. The van der Waals surface area contributed by atoms with Crippen molar-refractivity contribution in [3.63, 3.8) is 0 Å². The average Bonchev–Trinajstić information content (AvgIpc) is 2.52. The van der Waals surface area contributed by atoms with Crippen LogP contribution < -0.4 is 10.5 Å². The van der Waals surface area contributed by atoms with E-state index in [0.717, 1.165) is 31.7 Å². The largest absolute Gasteiger partial charge is 0.570 e. The van der Waals surface area contributed by atoms with Gasteiger partial charge < -0.3 is 10.1 Å². The minimum absolute atomic E-state index is 0.0583. The van der Waals surface area contributed by atoms with Gasteiger partial charge in [-0.3, -0.25) is 0 Å². The molecule has 0 aromatic carbocycles. The smallest absolute Gasteiger partial charge is 0.129 e. The monoisotopic (exact) mass is 318 g/mol. The molecule has 0 radical (unpaired) electrons. The molecule has 0 unspecified atom stereocenters. The highest BCUT2D eigenvalue weighted by atomic mass is 16.8. The maximum absolute atomic E-state index is 11.5. The standard InChI is InChI=1S/C15H22N6O2/c1-15(2,3)18-21(22)19-23-13-5-8-20(9-6-13)14-10-12(11-16)4-7-17-14/h4,7,10,13H,5-6,8-9H2,1-3H3,(H,18,19). The Bertz CT molecular complexity index is 597. The molecule has 0 aliphatic carbocycles. The van der Waals surface area contributed by atoms with Crippen LogP contribution in [0, 0.1) is 16.5 Å². The molecule has 1 aliphatic rings. The summed E-state index contributed by atoms with van der Waals surface area (Å²) < 4.78 is 0. The fourth-order valence-corrected chi connectivity index (χ4v) is 2.28. The maximum atomic E-state index is 11.5. The second-order valence-corrected chi connectivity index (χ2v) is 6.45. The molecule has 1 saturated heterocycles. The minimum Gasteiger partial charge on any atom is -0.570 e. The molecule has 1 aromatic heterocycles. The van der Waals surface area contributed by atoms with Crippen molar-refractivity contribution in [1.82, 2.24) is 10.6 Å². The summed E-state index contributed by atoms with van der Waals surface area (Å²) in [5.41, 5.74) is 2.45. The number of hydrogen-bond donors (Lipinski definition) is 1. The van der Waals surface area contributed by atoms with Crippen LogP contribution in [-0.4, -0.2) is 34.7 Å². The lowest BCUT2D eigenvalue weighted by molar-refractivity contribution is -0.653. The summed E-state index contributed by atoms with van der Waals surface area (Å²) in [4.78, 5) is 12.2. The lowest BCUT2D eigenvalue weighted by Crippen LogP contribution is -2.41. The van der Waals surface area contributed by atoms with Gasteiger partial charge in [0.2, 0.25) is 0 Å². The number of piperidine rings is 1. The van der Waals surface area contributed by atoms with Gasteiger partial charge in [-0.25, -0.2) is 9.82 Å². The Balaban J connectivity index is 1.82. The maximum Gasteiger partial charge on any atom is 0.129 e. The van der Waals surface area contributed by atoms with E-state index < -0.39 is 5.54 Å². The molecule has 1 N–H and O–H groups in total. The van der Waals surface area contributed by atoms with Crippen molar-refractivity contribution in [1.29, 1.82) is 5.26 Å². The van der Waals surface area contributed by atoms with Crippen LogP contribution in [0.2, 0.25) is 0 Å². The van der Waals surface area contributed by atoms with Crippen molar-refractivity contribution >= 4 is 5.82 Å². The first-order valence-electron chi connectivity index (χ1n) is 7.60. The number of hydrazine groups is 1. The summed E-state index contributed by atoms with van der Waals surface area (Å²) in [7, 11) is 0. The molecule has 0 saturated carbocycles. The van der Waals surface area contributed by atoms with Crippen LogP contribution in [0.3, 0.4) is 0 Å². The Morgan fingerprint density at radius 2 is 2.17 bits per heavy atom. The number of nitrogens with one attached hydrogen (secondary N) is 1. The van der Waals surface area contributed by atoms with Gasteiger partial charge >= 0.3 is 0 Å². The van der Waals surface area contributed by atoms with Crippen molar-refractivity contribution in [2.75, 3.05) is 18.0 Å². The molecule has 2 heterocycles. The molecule has 0 atom stereocenters. The van der Waals surface area contributed by atoms with Gasteiger partial charge in [0.25, 0.3) is 0 Å². The van der Waals surface area contributed by atoms with Crippen molar-refractivity contribution in [3.05, 3.63) is 29.1 Å². The quantitative estimate of drug-likeness (QED) is 0.518. The normalized spacial score (nSPS) is 17.0. The zero-order chi connectivity index (χ0) is 16.9. The number of aromatic nitrogens is 1. The first-order chi connectivity index (χ1) is 10.9. The molecule has 0 amide bonds. The van der Waals surface area contributed by atoms with E-state index in [1.807, 2.05) is 20.8 Å². The zero-order valence-corrected chi connectivity index (χ0v) is 13.7. The number of hydrogen-bond acceptors (Lipinski definition) is 6. The molecule has 124 valence electrons. The van der Waals surface area contributed by atoms with E-state index in [1.54, 1.807) is 18.3 Å². The molecule has 23 heavy (non-hydrogen) atoms. The Kier molecular flexibility index (Phi) is 5.34. The first-order valence-corrected chi connectivity index (χ1v) is 7.60. The molecule has 8 nitrogen and oxygen atoms in total. The minimum atomic E-state index is -0.459. The van der Waals surface area contributed by atoms with Gasteiger partial charge in [0.1, 0.15) is 11.4 Å². The third kappa shape index (κ3) is 5.38. The van der Waals surface area contributed by atoms with Crippen molar-refractivity contribution in [3.8, 4) is 6.07 Å². The number of nitrogens with zero attached hydrogens (tertiary/aromatic N) is 5. The average molecular weight is 318 g/mol. The summed E-state index contributed by atoms with van der Waals surface area (Å²) in [6.07, 6.45) is 3.10. The second kappa shape index (κ2) is 7.24. The van der Waals surface area contributed by atoms with Crippen LogP contribution in [0.5, 0.6) is 0 Å². The topological polar surface area (TPSA) is 99.6 Å². The molecular weight excluding hydrogens is 296 g/mol. The van der Waals surface area contributed by atoms with E-state index >= 15 is 0 Å². The summed E-state index contributed by atoms with van der Waals surface area (Å²) in [5, 5.41) is 24.3. The molecular formula is C15H22N6O2. The van der Waals surface area contributed by atoms with E-state index in [0.29, 0.717) is 10.5 Å². The SMILES string of the molecule is CC(C)(C)N=[N+]([O-])NOC1CCN(c2cc(C#N)ccn2)CC1. The summed E-state index contributed by atoms with van der Waals surface area (Å²) in [6.45, 7) is 7.01. The predicted molar refractivity (Wildman–Crippen MR) is 84.2 cm³/mol. The van der Waals surface area contributed by atoms with Crippen LogP contribution in [0.4, 0.5) is 5.82 Å². The van der Waals surface area contributed by atoms with E-state index in [4.69, 9.17) is 10.1 Å². The number of pyridine rings is 1. The van der Waals surface area contributed by atoms with Crippen LogP contribution in [-0.2, 0) is 4.84 Å². The summed E-state index contributed by atoms with van der Waals surface area (Å²) >= 11 is 0. The van der Waals surface area contributed by atoms with Gasteiger partial charge in [-0.05, 0) is 51.3 Å². The number of rotatable bonds is 4. The molecule has 0 spiro atoms. The third-order valence-electron chi connectivity index (χ3n) is 3.33. The van der Waals surface area contributed by atoms with E-state index in [9.17, 15) is 5.21 Å². The van der Waals surface area contributed by atoms with Gasteiger partial charge in [0.15, 0.2) is 0 Å². The highest BCUT2D eigenvalue weighted by Crippen LogP contribution is 2.19. The van der Waals surface area contributed by atoms with Crippen molar-refractivity contribution in [2.24, 2.45) is 5.11 Å². The number of anilines is 1. The Labute approximate surface area is 135 Å². The molecule has 1 aliphatic heterocycles. The highest BCUT2D eigenvalue weighted by Gasteiger charge is 2.22. The predicted octanol–water partition coefficient (Wildman–Crippen LogP) is 2.12. The number of nitriles is 1. The van der Waals surface area contributed by atoms with E-state index in [2.05, 4.69) is 26.7 Å². The molecule has 8 heteroatoms. The lowest BCUT2D eigenvalue weighted by atomic mass is 10.1. The summed E-state index contributed by atoms with van der Waals surface area (Å²) in [6, 6.07) is 5.58. The Hall–Kier alpha value is -2.40. The van der Waals surface area contributed by atoms with Crippen LogP contribution >= 0.6 is 0 Å². The Morgan fingerprint density at radius 3 is 2.78 bits per heavy atom. The van der Waals surface area contributed by atoms with Crippen LogP contribution in [0.15, 0.2) is 23.4 Å². The zero-order valence-electron chi connectivity index (χ0n) is 13.7. The van der Waals surface area contributed by atoms with Gasteiger partial charge in [-0.1, -0.05) is 0 Å². The van der Waals surface area contributed by atoms with Crippen LogP contribution in [0.1, 0.15) is 39.2 Å². The van der Waals surface area contributed by atoms with Gasteiger partial charge in [0.05, 0.1) is 22.7 Å². The second-order valence-electron chi connectivity index (χ2n) is 6.45. The molecule has 2 rings (SSSR count). The third-order valence-corrected chi connectivity index (χ3v) is 3.33. The van der Waals surface area contributed by atoms with Crippen molar-refractivity contribution < 1.29 is 9.81 Å². The molecule has 1 aromatic rings. The fourth-order valence-electron chi connectivity index (χ4n) is 2.28. The first kappa shape index (κ1) is 17.0. The van der Waals surface area contributed by atoms with Gasteiger partial charge in [-0.2, -0.15) is 5.26 Å². The Morgan fingerprint density at radius 1 is 1.48 bits per heavy atom.